The van der Waals surface area contributed by atoms with Gasteiger partial charge in [0.2, 0.25) is 0 Å². The Hall–Kier alpha value is -2.11. The highest BCUT2D eigenvalue weighted by atomic mass is 19.4. The summed E-state index contributed by atoms with van der Waals surface area (Å²) in [6.45, 7) is 2.31. The maximum absolute atomic E-state index is 12.0. The molecule has 0 atom stereocenters. The van der Waals surface area contributed by atoms with Crippen molar-refractivity contribution in [2.75, 3.05) is 5.32 Å². The van der Waals surface area contributed by atoms with E-state index in [2.05, 4.69) is 10.1 Å². The molecule has 1 aromatic carbocycles. The highest BCUT2D eigenvalue weighted by molar-refractivity contribution is 5.46. The van der Waals surface area contributed by atoms with Crippen molar-refractivity contribution in [1.82, 2.24) is 0 Å². The topological polar surface area (TPSA) is 34.4 Å². The van der Waals surface area contributed by atoms with Gasteiger partial charge in [-0.2, -0.15) is 0 Å². The number of halogens is 3. The van der Waals surface area contributed by atoms with Crippen LogP contribution in [-0.4, -0.2) is 6.36 Å². The summed E-state index contributed by atoms with van der Waals surface area (Å²) in [7, 11) is 0. The molecule has 0 radical (unpaired) electrons. The van der Waals surface area contributed by atoms with Gasteiger partial charge in [0, 0.05) is 5.69 Å². The Morgan fingerprint density at radius 3 is 2.32 bits per heavy atom. The third kappa shape index (κ3) is 4.24. The highest BCUT2D eigenvalue weighted by Gasteiger charge is 2.30. The molecule has 0 aliphatic rings. The third-order valence-electron chi connectivity index (χ3n) is 2.35. The number of rotatable bonds is 4. The molecule has 6 heteroatoms. The maximum Gasteiger partial charge on any atom is 0.573 e. The van der Waals surface area contributed by atoms with Gasteiger partial charge >= 0.3 is 6.36 Å². The van der Waals surface area contributed by atoms with Crippen LogP contribution >= 0.6 is 0 Å². The summed E-state index contributed by atoms with van der Waals surface area (Å²) >= 11 is 0. The summed E-state index contributed by atoms with van der Waals surface area (Å²) in [4.78, 5) is 0. The van der Waals surface area contributed by atoms with Crippen LogP contribution in [0.25, 0.3) is 0 Å². The van der Waals surface area contributed by atoms with Crippen molar-refractivity contribution >= 4 is 5.69 Å². The van der Waals surface area contributed by atoms with Crippen LogP contribution in [0.4, 0.5) is 18.9 Å². The van der Waals surface area contributed by atoms with E-state index in [1.807, 2.05) is 19.1 Å². The van der Waals surface area contributed by atoms with Gasteiger partial charge in [-0.05, 0) is 43.3 Å². The Kier molecular flexibility index (Phi) is 3.69. The number of benzene rings is 1. The fourth-order valence-corrected chi connectivity index (χ4v) is 1.54. The van der Waals surface area contributed by atoms with Crippen molar-refractivity contribution in [1.29, 1.82) is 0 Å². The van der Waals surface area contributed by atoms with Crippen LogP contribution in [-0.2, 0) is 6.54 Å². The fraction of sp³-hybridized carbons (Fsp3) is 0.231. The Labute approximate surface area is 108 Å². The monoisotopic (exact) mass is 271 g/mol. The lowest BCUT2D eigenvalue weighted by Crippen LogP contribution is -2.17. The summed E-state index contributed by atoms with van der Waals surface area (Å²) in [5.74, 6) is 1.32. The van der Waals surface area contributed by atoms with Gasteiger partial charge in [0.05, 0.1) is 6.54 Å². The number of hydrogen-bond acceptors (Lipinski definition) is 3. The lowest BCUT2D eigenvalue weighted by Gasteiger charge is -2.09. The van der Waals surface area contributed by atoms with E-state index in [1.165, 1.54) is 24.3 Å². The molecule has 0 fully saturated rings. The van der Waals surface area contributed by atoms with E-state index in [0.717, 1.165) is 11.5 Å². The van der Waals surface area contributed by atoms with Crippen LogP contribution in [0.15, 0.2) is 40.8 Å². The number of ether oxygens (including phenoxy) is 1. The van der Waals surface area contributed by atoms with E-state index in [9.17, 15) is 13.2 Å². The molecule has 2 aromatic rings. The van der Waals surface area contributed by atoms with E-state index in [4.69, 9.17) is 4.42 Å². The normalized spacial score (nSPS) is 11.4. The molecule has 1 heterocycles. The van der Waals surface area contributed by atoms with Crippen molar-refractivity contribution in [3.63, 3.8) is 0 Å². The molecule has 102 valence electrons. The third-order valence-corrected chi connectivity index (χ3v) is 2.35. The molecule has 3 nitrogen and oxygen atoms in total. The molecule has 0 saturated heterocycles. The predicted molar refractivity (Wildman–Crippen MR) is 63.9 cm³/mol. The Morgan fingerprint density at radius 1 is 1.11 bits per heavy atom. The number of anilines is 1. The standard InChI is InChI=1S/C13H12F3NO2/c1-9-2-5-12(18-9)8-17-10-3-6-11(7-4-10)19-13(14,15)16/h2-7,17H,8H2,1H3. The minimum atomic E-state index is -4.67. The first-order valence-corrected chi connectivity index (χ1v) is 5.57. The minimum Gasteiger partial charge on any atom is -0.465 e. The van der Waals surface area contributed by atoms with Crippen molar-refractivity contribution in [2.24, 2.45) is 0 Å². The second kappa shape index (κ2) is 5.26. The van der Waals surface area contributed by atoms with Crippen LogP contribution in [0.1, 0.15) is 11.5 Å². The lowest BCUT2D eigenvalue weighted by atomic mass is 10.3. The van der Waals surface area contributed by atoms with Crippen molar-refractivity contribution < 1.29 is 22.3 Å². The molecular formula is C13H12F3NO2. The molecule has 0 amide bonds. The molecule has 2 rings (SSSR count). The highest BCUT2D eigenvalue weighted by Crippen LogP contribution is 2.24. The first-order chi connectivity index (χ1) is 8.92. The molecule has 0 aliphatic heterocycles. The van der Waals surface area contributed by atoms with E-state index >= 15 is 0 Å². The molecule has 19 heavy (non-hydrogen) atoms. The quantitative estimate of drug-likeness (QED) is 0.909. The van der Waals surface area contributed by atoms with Gasteiger partial charge in [0.1, 0.15) is 17.3 Å². The Balaban J connectivity index is 1.91. The van der Waals surface area contributed by atoms with Gasteiger partial charge in [-0.25, -0.2) is 0 Å². The summed E-state index contributed by atoms with van der Waals surface area (Å²) in [5.41, 5.74) is 0.684. The number of aryl methyl sites for hydroxylation is 1. The van der Waals surface area contributed by atoms with Gasteiger partial charge in [-0.15, -0.1) is 13.2 Å². The Bertz CT molecular complexity index is 532. The molecular weight excluding hydrogens is 259 g/mol. The number of alkyl halides is 3. The van der Waals surface area contributed by atoms with Crippen LogP contribution < -0.4 is 10.1 Å². The van der Waals surface area contributed by atoms with Crippen molar-refractivity contribution in [3.8, 4) is 5.75 Å². The van der Waals surface area contributed by atoms with E-state index in [-0.39, 0.29) is 5.75 Å². The summed E-state index contributed by atoms with van der Waals surface area (Å²) in [6, 6.07) is 9.21. The molecule has 1 aromatic heterocycles. The zero-order chi connectivity index (χ0) is 13.9. The summed E-state index contributed by atoms with van der Waals surface area (Å²) in [5, 5.41) is 3.03. The summed E-state index contributed by atoms with van der Waals surface area (Å²) in [6.07, 6.45) is -4.67. The molecule has 0 bridgehead atoms. The van der Waals surface area contributed by atoms with E-state index < -0.39 is 6.36 Å². The van der Waals surface area contributed by atoms with E-state index in [0.29, 0.717) is 12.2 Å². The van der Waals surface area contributed by atoms with Crippen molar-refractivity contribution in [2.45, 2.75) is 19.8 Å². The predicted octanol–water partition coefficient (Wildman–Crippen LogP) is 4.10. The summed E-state index contributed by atoms with van der Waals surface area (Å²) < 4.78 is 45.0. The fourth-order valence-electron chi connectivity index (χ4n) is 1.54. The van der Waals surface area contributed by atoms with Crippen LogP contribution in [0.2, 0.25) is 0 Å². The van der Waals surface area contributed by atoms with Crippen LogP contribution in [0.3, 0.4) is 0 Å². The van der Waals surface area contributed by atoms with Gasteiger partial charge in [-0.1, -0.05) is 0 Å². The SMILES string of the molecule is Cc1ccc(CNc2ccc(OC(F)(F)F)cc2)o1. The lowest BCUT2D eigenvalue weighted by molar-refractivity contribution is -0.274. The van der Waals surface area contributed by atoms with Crippen LogP contribution in [0.5, 0.6) is 5.75 Å². The molecule has 0 spiro atoms. The first kappa shape index (κ1) is 13.3. The van der Waals surface area contributed by atoms with Gasteiger partial charge in [-0.3, -0.25) is 0 Å². The molecule has 0 aliphatic carbocycles. The Morgan fingerprint density at radius 2 is 1.79 bits per heavy atom. The van der Waals surface area contributed by atoms with Gasteiger partial charge in [0.15, 0.2) is 0 Å². The average molecular weight is 271 g/mol. The zero-order valence-corrected chi connectivity index (χ0v) is 10.1. The number of hydrogen-bond donors (Lipinski definition) is 1. The second-order valence-electron chi connectivity index (χ2n) is 3.94. The van der Waals surface area contributed by atoms with Gasteiger partial charge < -0.3 is 14.5 Å². The minimum absolute atomic E-state index is 0.244. The molecule has 0 unspecified atom stereocenters. The first-order valence-electron chi connectivity index (χ1n) is 5.57. The molecule has 1 N–H and O–H groups in total. The zero-order valence-electron chi connectivity index (χ0n) is 10.1. The number of furan rings is 1. The average Bonchev–Trinajstić information content (AvgIpc) is 2.72. The van der Waals surface area contributed by atoms with Crippen LogP contribution in [0, 0.1) is 6.92 Å². The van der Waals surface area contributed by atoms with E-state index in [1.54, 1.807) is 0 Å². The largest absolute Gasteiger partial charge is 0.573 e. The smallest absolute Gasteiger partial charge is 0.465 e. The number of nitrogens with one attached hydrogen (secondary N) is 1. The molecule has 0 saturated carbocycles. The van der Waals surface area contributed by atoms with Crippen molar-refractivity contribution in [3.05, 3.63) is 47.9 Å². The second-order valence-corrected chi connectivity index (χ2v) is 3.94. The maximum atomic E-state index is 12.0. The van der Waals surface area contributed by atoms with Gasteiger partial charge in [0.25, 0.3) is 0 Å².